The van der Waals surface area contributed by atoms with Crippen molar-refractivity contribution in [2.24, 2.45) is 0 Å². The average Bonchev–Trinajstić information content (AvgIpc) is 2.75. The van der Waals surface area contributed by atoms with Gasteiger partial charge in [-0.15, -0.1) is 0 Å². The van der Waals surface area contributed by atoms with Gasteiger partial charge in [-0.05, 0) is 24.0 Å². The van der Waals surface area contributed by atoms with Gasteiger partial charge in [-0.2, -0.15) is 0 Å². The smallest absolute Gasteiger partial charge is 0.248 e. The van der Waals surface area contributed by atoms with E-state index in [1.165, 1.54) is 0 Å². The second-order valence-electron chi connectivity index (χ2n) is 8.15. The minimum atomic E-state index is -0.370. The van der Waals surface area contributed by atoms with E-state index in [4.69, 9.17) is 9.47 Å². The number of aliphatic hydroxyl groups is 1. The van der Waals surface area contributed by atoms with Crippen LogP contribution in [0, 0.1) is 0 Å². The molecule has 1 spiro atoms. The van der Waals surface area contributed by atoms with Gasteiger partial charge in [-0.25, -0.2) is 0 Å². The lowest BCUT2D eigenvalue weighted by Gasteiger charge is -2.48. The van der Waals surface area contributed by atoms with Crippen LogP contribution in [0.25, 0.3) is 0 Å². The first-order valence-electron chi connectivity index (χ1n) is 10.4. The third-order valence-electron chi connectivity index (χ3n) is 6.02. The molecule has 2 saturated heterocycles. The van der Waals surface area contributed by atoms with Crippen LogP contribution in [-0.4, -0.2) is 47.3 Å². The van der Waals surface area contributed by atoms with Gasteiger partial charge in [0.15, 0.2) is 0 Å². The predicted molar refractivity (Wildman–Crippen MR) is 110 cm³/mol. The number of carbonyl (C=O) groups excluding carboxylic acids is 1. The molecule has 2 aliphatic rings. The van der Waals surface area contributed by atoms with Crippen LogP contribution >= 0.6 is 0 Å². The van der Waals surface area contributed by atoms with Gasteiger partial charge in [-0.1, -0.05) is 60.7 Å². The first-order chi connectivity index (χ1) is 14.1. The molecular formula is C24H29NO4. The molecular weight excluding hydrogens is 366 g/mol. The SMILES string of the molecule is O=C(COCc1ccccc1)N1CCC2(CC1)C[C@H](O)C[C@H](c1ccccc1)O2. The molecule has 1 amide bonds. The lowest BCUT2D eigenvalue weighted by Crippen LogP contribution is -2.52. The first kappa shape index (κ1) is 20.1. The standard InChI is InChI=1S/C24H29NO4/c26-21-15-22(20-9-5-2-6-10-20)29-24(16-21)11-13-25(14-12-24)23(27)18-28-17-19-7-3-1-4-8-19/h1-10,21-22,26H,11-18H2/t21-,22-/m1/s1. The number of piperidine rings is 1. The molecule has 5 heteroatoms. The molecule has 2 aromatic rings. The Morgan fingerprint density at radius 3 is 2.41 bits per heavy atom. The maximum absolute atomic E-state index is 12.5. The van der Waals surface area contributed by atoms with Crippen LogP contribution in [0.2, 0.25) is 0 Å². The molecule has 2 aromatic carbocycles. The molecule has 2 atom stereocenters. The molecule has 154 valence electrons. The number of hydrogen-bond donors (Lipinski definition) is 1. The number of ether oxygens (including phenoxy) is 2. The van der Waals surface area contributed by atoms with Crippen molar-refractivity contribution in [3.63, 3.8) is 0 Å². The minimum absolute atomic E-state index is 0.0201. The minimum Gasteiger partial charge on any atom is -0.393 e. The molecule has 1 N–H and O–H groups in total. The second-order valence-corrected chi connectivity index (χ2v) is 8.15. The third-order valence-corrected chi connectivity index (χ3v) is 6.02. The van der Waals surface area contributed by atoms with Gasteiger partial charge in [0.25, 0.3) is 0 Å². The van der Waals surface area contributed by atoms with Crippen molar-refractivity contribution in [2.45, 2.75) is 50.1 Å². The van der Waals surface area contributed by atoms with E-state index < -0.39 is 0 Å². The fourth-order valence-electron chi connectivity index (χ4n) is 4.44. The van der Waals surface area contributed by atoms with Gasteiger partial charge < -0.3 is 19.5 Å². The topological polar surface area (TPSA) is 59.0 Å². The van der Waals surface area contributed by atoms with E-state index in [1.54, 1.807) is 0 Å². The van der Waals surface area contributed by atoms with Gasteiger partial charge >= 0.3 is 0 Å². The van der Waals surface area contributed by atoms with E-state index in [2.05, 4.69) is 12.1 Å². The lowest BCUT2D eigenvalue weighted by molar-refractivity contribution is -0.186. The molecule has 0 bridgehead atoms. The summed E-state index contributed by atoms with van der Waals surface area (Å²) in [5, 5.41) is 10.5. The summed E-state index contributed by atoms with van der Waals surface area (Å²) < 4.78 is 12.1. The Hall–Kier alpha value is -2.21. The Morgan fingerprint density at radius 2 is 1.72 bits per heavy atom. The molecule has 0 saturated carbocycles. The Kier molecular flexibility index (Phi) is 6.28. The van der Waals surface area contributed by atoms with Crippen molar-refractivity contribution in [1.82, 2.24) is 4.90 Å². The van der Waals surface area contributed by atoms with E-state index in [-0.39, 0.29) is 30.3 Å². The van der Waals surface area contributed by atoms with E-state index in [0.29, 0.717) is 32.5 Å². The molecule has 0 aliphatic carbocycles. The van der Waals surface area contributed by atoms with E-state index in [9.17, 15) is 9.90 Å². The summed E-state index contributed by atoms with van der Waals surface area (Å²) in [4.78, 5) is 14.4. The highest BCUT2D eigenvalue weighted by Crippen LogP contribution is 2.42. The summed E-state index contributed by atoms with van der Waals surface area (Å²) >= 11 is 0. The number of nitrogens with zero attached hydrogens (tertiary/aromatic N) is 1. The Bertz CT molecular complexity index is 787. The van der Waals surface area contributed by atoms with Crippen molar-refractivity contribution in [3.05, 3.63) is 71.8 Å². The highest BCUT2D eigenvalue weighted by Gasteiger charge is 2.44. The summed E-state index contributed by atoms with van der Waals surface area (Å²) in [6.45, 7) is 1.82. The summed E-state index contributed by atoms with van der Waals surface area (Å²) in [7, 11) is 0. The zero-order valence-electron chi connectivity index (χ0n) is 16.7. The van der Waals surface area contributed by atoms with E-state index in [1.807, 2.05) is 53.4 Å². The van der Waals surface area contributed by atoms with Gasteiger partial charge in [0.1, 0.15) is 6.61 Å². The van der Waals surface area contributed by atoms with Crippen LogP contribution in [0.3, 0.4) is 0 Å². The molecule has 2 heterocycles. The third kappa shape index (κ3) is 5.04. The van der Waals surface area contributed by atoms with Crippen LogP contribution < -0.4 is 0 Å². The van der Waals surface area contributed by atoms with Crippen molar-refractivity contribution >= 4 is 5.91 Å². The van der Waals surface area contributed by atoms with E-state index >= 15 is 0 Å². The molecule has 5 nitrogen and oxygen atoms in total. The van der Waals surface area contributed by atoms with Crippen LogP contribution in [0.5, 0.6) is 0 Å². The van der Waals surface area contributed by atoms with Gasteiger partial charge in [-0.3, -0.25) is 4.79 Å². The fourth-order valence-corrected chi connectivity index (χ4v) is 4.44. The summed E-state index contributed by atoms with van der Waals surface area (Å²) in [6.07, 6.45) is 2.31. The molecule has 0 unspecified atom stereocenters. The number of rotatable bonds is 5. The molecule has 2 fully saturated rings. The molecule has 2 aliphatic heterocycles. The maximum Gasteiger partial charge on any atom is 0.248 e. The summed E-state index contributed by atoms with van der Waals surface area (Å²) in [5.41, 5.74) is 1.83. The van der Waals surface area contributed by atoms with Gasteiger partial charge in [0.2, 0.25) is 5.91 Å². The maximum atomic E-state index is 12.5. The molecule has 0 radical (unpaired) electrons. The fraction of sp³-hybridized carbons (Fsp3) is 0.458. The Balaban J connectivity index is 1.29. The number of hydrogen-bond acceptors (Lipinski definition) is 4. The number of aliphatic hydroxyl groups excluding tert-OH is 1. The average molecular weight is 395 g/mol. The first-order valence-corrected chi connectivity index (χ1v) is 10.4. The van der Waals surface area contributed by atoms with Crippen molar-refractivity contribution in [1.29, 1.82) is 0 Å². The predicted octanol–water partition coefficient (Wildman–Crippen LogP) is 3.48. The number of benzene rings is 2. The van der Waals surface area contributed by atoms with E-state index in [0.717, 1.165) is 24.0 Å². The van der Waals surface area contributed by atoms with Gasteiger partial charge in [0.05, 0.1) is 24.4 Å². The summed E-state index contributed by atoms with van der Waals surface area (Å²) in [6, 6.07) is 20.0. The zero-order valence-corrected chi connectivity index (χ0v) is 16.7. The van der Waals surface area contributed by atoms with Crippen LogP contribution in [0.4, 0.5) is 0 Å². The highest BCUT2D eigenvalue weighted by molar-refractivity contribution is 5.77. The molecule has 29 heavy (non-hydrogen) atoms. The van der Waals surface area contributed by atoms with Crippen molar-refractivity contribution < 1.29 is 19.4 Å². The van der Waals surface area contributed by atoms with Crippen LogP contribution in [-0.2, 0) is 20.9 Å². The molecule has 0 aromatic heterocycles. The Morgan fingerprint density at radius 1 is 1.07 bits per heavy atom. The number of carbonyl (C=O) groups is 1. The number of amides is 1. The van der Waals surface area contributed by atoms with Crippen LogP contribution in [0.15, 0.2) is 60.7 Å². The van der Waals surface area contributed by atoms with Crippen molar-refractivity contribution in [2.75, 3.05) is 19.7 Å². The van der Waals surface area contributed by atoms with Crippen molar-refractivity contribution in [3.8, 4) is 0 Å². The van der Waals surface area contributed by atoms with Gasteiger partial charge in [0, 0.05) is 25.9 Å². The normalized spacial score (nSPS) is 23.8. The Labute approximate surface area is 172 Å². The lowest BCUT2D eigenvalue weighted by atomic mass is 9.81. The quantitative estimate of drug-likeness (QED) is 0.842. The second kappa shape index (κ2) is 9.08. The van der Waals surface area contributed by atoms with Crippen LogP contribution in [0.1, 0.15) is 42.9 Å². The highest BCUT2D eigenvalue weighted by atomic mass is 16.5. The number of likely N-dealkylation sites (tertiary alicyclic amines) is 1. The monoisotopic (exact) mass is 395 g/mol. The largest absolute Gasteiger partial charge is 0.393 e. The molecule has 4 rings (SSSR count). The zero-order chi connectivity index (χ0) is 20.1. The summed E-state index contributed by atoms with van der Waals surface area (Å²) in [5.74, 6) is 0.0201.